The number of hydrogen-bond acceptors (Lipinski definition) is 4. The van der Waals surface area contributed by atoms with Crippen LogP contribution in [0.2, 0.25) is 0 Å². The highest BCUT2D eigenvalue weighted by Gasteiger charge is 2.48. The first-order valence-corrected chi connectivity index (χ1v) is 12.4. The van der Waals surface area contributed by atoms with Crippen molar-refractivity contribution in [2.75, 3.05) is 13.1 Å². The van der Waals surface area contributed by atoms with Crippen molar-refractivity contribution in [3.05, 3.63) is 47.3 Å². The first kappa shape index (κ1) is 23.7. The predicted molar refractivity (Wildman–Crippen MR) is 115 cm³/mol. The van der Waals surface area contributed by atoms with Gasteiger partial charge in [0.15, 0.2) is 5.78 Å². The summed E-state index contributed by atoms with van der Waals surface area (Å²) >= 11 is 0. The van der Waals surface area contributed by atoms with Crippen molar-refractivity contribution in [2.45, 2.75) is 56.5 Å². The molecule has 1 fully saturated rings. The third kappa shape index (κ3) is 4.38. The highest BCUT2D eigenvalue weighted by atomic mass is 32.2. The standard InChI is InChI=1S/C23H25F3N2O4S/c1-15-13-19-20(10-9-18(21(19)29)22(30)23(24,25)26)28(15)16-7-6-8-17(14-16)33(31,32)27-11-4-2-3-5-12-27/h6-8,13-14,18H,2-5,9-12H2,1H3/t18-/m0/s1. The molecule has 2 aromatic rings. The number of benzene rings is 1. The van der Waals surface area contributed by atoms with Crippen LogP contribution in [0.15, 0.2) is 35.2 Å². The first-order chi connectivity index (χ1) is 15.5. The molecule has 0 spiro atoms. The van der Waals surface area contributed by atoms with Gasteiger partial charge >= 0.3 is 6.18 Å². The van der Waals surface area contributed by atoms with Crippen LogP contribution in [0, 0.1) is 12.8 Å². The van der Waals surface area contributed by atoms with Crippen LogP contribution in [0.5, 0.6) is 0 Å². The van der Waals surface area contributed by atoms with Crippen molar-refractivity contribution in [2.24, 2.45) is 5.92 Å². The van der Waals surface area contributed by atoms with E-state index in [1.165, 1.54) is 22.5 Å². The number of rotatable bonds is 4. The van der Waals surface area contributed by atoms with E-state index >= 15 is 0 Å². The number of Topliss-reactive ketones (excluding diaryl/α,β-unsaturated/α-hetero) is 2. The lowest BCUT2D eigenvalue weighted by molar-refractivity contribution is -0.174. The lowest BCUT2D eigenvalue weighted by atomic mass is 9.83. The normalized spacial score (nSPS) is 20.4. The predicted octanol–water partition coefficient (Wildman–Crippen LogP) is 4.23. The molecule has 178 valence electrons. The van der Waals surface area contributed by atoms with Gasteiger partial charge in [0.1, 0.15) is 0 Å². The molecule has 2 heterocycles. The van der Waals surface area contributed by atoms with E-state index in [4.69, 9.17) is 0 Å². The zero-order chi connectivity index (χ0) is 24.0. The highest BCUT2D eigenvalue weighted by molar-refractivity contribution is 7.89. The Morgan fingerprint density at radius 3 is 2.36 bits per heavy atom. The minimum Gasteiger partial charge on any atom is -0.317 e. The van der Waals surface area contributed by atoms with Gasteiger partial charge in [-0.1, -0.05) is 18.9 Å². The van der Waals surface area contributed by atoms with Gasteiger partial charge in [-0.2, -0.15) is 17.5 Å². The molecule has 10 heteroatoms. The number of halogens is 3. The quantitative estimate of drug-likeness (QED) is 0.612. The molecule has 1 saturated heterocycles. The number of ketones is 2. The van der Waals surface area contributed by atoms with Crippen molar-refractivity contribution in [1.29, 1.82) is 0 Å². The molecule has 1 atom stereocenters. The molecule has 0 unspecified atom stereocenters. The van der Waals surface area contributed by atoms with Crippen molar-refractivity contribution in [3.63, 3.8) is 0 Å². The average Bonchev–Trinajstić information content (AvgIpc) is 2.92. The molecule has 33 heavy (non-hydrogen) atoms. The zero-order valence-corrected chi connectivity index (χ0v) is 19.0. The lowest BCUT2D eigenvalue weighted by Crippen LogP contribution is -2.38. The van der Waals surface area contributed by atoms with Crippen LogP contribution in [0.1, 0.15) is 53.8 Å². The smallest absolute Gasteiger partial charge is 0.317 e. The molecule has 1 aromatic carbocycles. The number of fused-ring (bicyclic) bond motifs is 1. The molecular weight excluding hydrogens is 457 g/mol. The highest BCUT2D eigenvalue weighted by Crippen LogP contribution is 2.35. The van der Waals surface area contributed by atoms with Gasteiger partial charge in [0.2, 0.25) is 15.8 Å². The molecule has 0 radical (unpaired) electrons. The molecule has 0 saturated carbocycles. The van der Waals surface area contributed by atoms with E-state index < -0.39 is 33.7 Å². The SMILES string of the molecule is Cc1cc2c(n1-c1cccc(S(=O)(=O)N3CCCCCC3)c1)CC[C@H](C(=O)C(F)(F)F)C2=O. The Morgan fingerprint density at radius 1 is 1.06 bits per heavy atom. The number of alkyl halides is 3. The van der Waals surface area contributed by atoms with E-state index in [2.05, 4.69) is 0 Å². The van der Waals surface area contributed by atoms with Gasteiger partial charge in [-0.15, -0.1) is 0 Å². The van der Waals surface area contributed by atoms with E-state index in [0.717, 1.165) is 25.7 Å². The number of nitrogens with zero attached hydrogens (tertiary/aromatic N) is 2. The van der Waals surface area contributed by atoms with Crippen LogP contribution in [-0.4, -0.2) is 48.1 Å². The summed E-state index contributed by atoms with van der Waals surface area (Å²) in [6.07, 6.45) is -1.60. The fraction of sp³-hybridized carbons (Fsp3) is 0.478. The van der Waals surface area contributed by atoms with Gasteiger partial charge in [0.05, 0.1) is 10.8 Å². The largest absolute Gasteiger partial charge is 0.450 e. The van der Waals surface area contributed by atoms with Gasteiger partial charge in [0.25, 0.3) is 0 Å². The number of aromatic nitrogens is 1. The number of aryl methyl sites for hydroxylation is 1. The maximum Gasteiger partial charge on any atom is 0.450 e. The van der Waals surface area contributed by atoms with Crippen LogP contribution in [0.4, 0.5) is 13.2 Å². The summed E-state index contributed by atoms with van der Waals surface area (Å²) in [6.45, 7) is 2.63. The van der Waals surface area contributed by atoms with E-state index in [9.17, 15) is 31.2 Å². The van der Waals surface area contributed by atoms with Crippen molar-refractivity contribution in [1.82, 2.24) is 8.87 Å². The molecule has 0 bridgehead atoms. The van der Waals surface area contributed by atoms with Gasteiger partial charge in [-0.25, -0.2) is 8.42 Å². The number of carbonyl (C=O) groups excluding carboxylic acids is 2. The Kier molecular flexibility index (Phi) is 6.26. The van der Waals surface area contributed by atoms with Gasteiger partial charge in [-0.05, 0) is 56.9 Å². The number of carbonyl (C=O) groups is 2. The Hall–Kier alpha value is -2.46. The van der Waals surface area contributed by atoms with Gasteiger partial charge in [-0.3, -0.25) is 9.59 Å². The Morgan fingerprint density at radius 2 is 1.73 bits per heavy atom. The maximum absolute atomic E-state index is 13.2. The van der Waals surface area contributed by atoms with Crippen LogP contribution in [-0.2, 0) is 21.2 Å². The summed E-state index contributed by atoms with van der Waals surface area (Å²) in [4.78, 5) is 24.6. The molecule has 1 aromatic heterocycles. The van der Waals surface area contributed by atoms with E-state index in [-0.39, 0.29) is 23.3 Å². The fourth-order valence-electron chi connectivity index (χ4n) is 4.77. The lowest BCUT2D eigenvalue weighted by Gasteiger charge is -2.23. The molecule has 2 aliphatic rings. The minimum atomic E-state index is -5.06. The summed E-state index contributed by atoms with van der Waals surface area (Å²) in [5, 5.41) is 0. The Bertz CT molecular complexity index is 1190. The topological polar surface area (TPSA) is 76.5 Å². The summed E-state index contributed by atoms with van der Waals surface area (Å²) in [5.74, 6) is -4.59. The second kappa shape index (κ2) is 8.72. The molecule has 0 amide bonds. The molecule has 6 nitrogen and oxygen atoms in total. The third-order valence-electron chi connectivity index (χ3n) is 6.41. The average molecular weight is 483 g/mol. The molecule has 0 N–H and O–H groups in total. The summed E-state index contributed by atoms with van der Waals surface area (Å²) in [5.41, 5.74) is 1.67. The molecule has 1 aliphatic carbocycles. The van der Waals surface area contributed by atoms with E-state index in [0.29, 0.717) is 30.2 Å². The molecular formula is C23H25F3N2O4S. The number of hydrogen-bond donors (Lipinski definition) is 0. The van der Waals surface area contributed by atoms with E-state index in [1.807, 2.05) is 0 Å². The zero-order valence-electron chi connectivity index (χ0n) is 18.2. The minimum absolute atomic E-state index is 0.0853. The van der Waals surface area contributed by atoms with E-state index in [1.54, 1.807) is 23.6 Å². The summed E-state index contributed by atoms with van der Waals surface area (Å²) < 4.78 is 68.3. The summed E-state index contributed by atoms with van der Waals surface area (Å²) in [7, 11) is -3.70. The Balaban J connectivity index is 1.70. The number of sulfonamides is 1. The van der Waals surface area contributed by atoms with Gasteiger partial charge < -0.3 is 4.57 Å². The second-order valence-corrected chi connectivity index (χ2v) is 10.6. The summed E-state index contributed by atoms with van der Waals surface area (Å²) in [6, 6.07) is 7.85. The Labute approximate surface area is 190 Å². The van der Waals surface area contributed by atoms with Crippen LogP contribution in [0.25, 0.3) is 5.69 Å². The monoisotopic (exact) mass is 482 g/mol. The van der Waals surface area contributed by atoms with Crippen molar-refractivity contribution in [3.8, 4) is 5.69 Å². The first-order valence-electron chi connectivity index (χ1n) is 11.0. The van der Waals surface area contributed by atoms with Gasteiger partial charge in [0, 0.05) is 35.7 Å². The fourth-order valence-corrected chi connectivity index (χ4v) is 6.33. The molecule has 1 aliphatic heterocycles. The third-order valence-corrected chi connectivity index (χ3v) is 8.31. The van der Waals surface area contributed by atoms with Crippen molar-refractivity contribution >= 4 is 21.6 Å². The van der Waals surface area contributed by atoms with Crippen LogP contribution >= 0.6 is 0 Å². The molecule has 4 rings (SSSR count). The second-order valence-electron chi connectivity index (χ2n) is 8.61. The van der Waals surface area contributed by atoms with Crippen LogP contribution < -0.4 is 0 Å². The van der Waals surface area contributed by atoms with Crippen LogP contribution in [0.3, 0.4) is 0 Å². The van der Waals surface area contributed by atoms with Crippen molar-refractivity contribution < 1.29 is 31.2 Å². The maximum atomic E-state index is 13.2.